The standard InChI is InChI=1S/C49H84N2O5/c1-3-5-7-9-11-13-15-17-18-19-20-22-24-26-28-33-37-43-48(53)56-45(39-34-30-27-25-23-21-16-14-12-10-8-6-4-2)40-35-31-29-32-36-42-47(52)51-46(49(54)55)41-38-44-50/h6,8,11-14,17-18,21,23,27,30,45-46H,3-5,7,9-10,15-16,19-20,22,24-26,28-29,31-44,50H2,1-2H3,(H,51,52)(H,54,55)/b8-6-,13-11-,14-12-,18-17-,23-21-,30-27-. The van der Waals surface area contributed by atoms with E-state index in [2.05, 4.69) is 92.1 Å². The van der Waals surface area contributed by atoms with Crippen LogP contribution in [0, 0.1) is 0 Å². The average molecular weight is 781 g/mol. The molecule has 7 nitrogen and oxygen atoms in total. The van der Waals surface area contributed by atoms with Gasteiger partial charge < -0.3 is 20.9 Å². The van der Waals surface area contributed by atoms with E-state index in [9.17, 15) is 19.5 Å². The van der Waals surface area contributed by atoms with Crippen LogP contribution in [0.5, 0.6) is 0 Å². The molecule has 4 N–H and O–H groups in total. The Bertz CT molecular complexity index is 1110. The van der Waals surface area contributed by atoms with E-state index in [1.165, 1.54) is 64.2 Å². The minimum absolute atomic E-state index is 0.0696. The van der Waals surface area contributed by atoms with E-state index in [1.807, 2.05) is 0 Å². The second-order valence-electron chi connectivity index (χ2n) is 15.1. The number of esters is 1. The number of rotatable bonds is 40. The summed E-state index contributed by atoms with van der Waals surface area (Å²) in [6.45, 7) is 4.80. The number of carbonyl (C=O) groups excluding carboxylic acids is 2. The number of carboxylic acid groups (broad SMARTS) is 1. The minimum Gasteiger partial charge on any atom is -0.480 e. The molecule has 0 rings (SSSR count). The summed E-state index contributed by atoms with van der Waals surface area (Å²) in [5, 5.41) is 11.9. The molecular weight excluding hydrogens is 697 g/mol. The number of nitrogens with two attached hydrogens (primary N) is 1. The molecule has 320 valence electrons. The Kier molecular flexibility index (Phi) is 40.5. The van der Waals surface area contributed by atoms with Gasteiger partial charge in [-0.25, -0.2) is 4.79 Å². The highest BCUT2D eigenvalue weighted by molar-refractivity contribution is 5.83. The Morgan fingerprint density at radius 1 is 0.536 bits per heavy atom. The molecular formula is C49H84N2O5. The molecule has 7 heteroatoms. The van der Waals surface area contributed by atoms with E-state index >= 15 is 0 Å². The van der Waals surface area contributed by atoms with Crippen molar-refractivity contribution < 1.29 is 24.2 Å². The van der Waals surface area contributed by atoms with Crippen molar-refractivity contribution in [2.45, 2.75) is 212 Å². The number of amides is 1. The highest BCUT2D eigenvalue weighted by Crippen LogP contribution is 2.17. The molecule has 2 atom stereocenters. The lowest BCUT2D eigenvalue weighted by atomic mass is 10.0. The van der Waals surface area contributed by atoms with Crippen molar-refractivity contribution >= 4 is 17.8 Å². The molecule has 0 radical (unpaired) electrons. The van der Waals surface area contributed by atoms with E-state index in [1.54, 1.807) is 0 Å². The summed E-state index contributed by atoms with van der Waals surface area (Å²) in [4.78, 5) is 36.4. The van der Waals surface area contributed by atoms with Gasteiger partial charge in [-0.05, 0) is 116 Å². The first-order valence-electron chi connectivity index (χ1n) is 22.8. The molecule has 0 aliphatic heterocycles. The number of nitrogens with one attached hydrogen (secondary N) is 1. The van der Waals surface area contributed by atoms with Gasteiger partial charge in [-0.3, -0.25) is 9.59 Å². The molecule has 56 heavy (non-hydrogen) atoms. The van der Waals surface area contributed by atoms with Gasteiger partial charge in [-0.1, -0.05) is 151 Å². The smallest absolute Gasteiger partial charge is 0.326 e. The number of allylic oxidation sites excluding steroid dienone is 12. The van der Waals surface area contributed by atoms with Crippen LogP contribution >= 0.6 is 0 Å². The molecule has 0 bridgehead atoms. The van der Waals surface area contributed by atoms with Crippen LogP contribution in [0.2, 0.25) is 0 Å². The summed E-state index contributed by atoms with van der Waals surface area (Å²) in [6.07, 6.45) is 55.2. The second kappa shape index (κ2) is 42.9. The Hall–Kier alpha value is -3.19. The second-order valence-corrected chi connectivity index (χ2v) is 15.1. The zero-order valence-electron chi connectivity index (χ0n) is 36.0. The third kappa shape index (κ3) is 39.1. The molecule has 0 aromatic rings. The molecule has 2 unspecified atom stereocenters. The molecule has 0 saturated carbocycles. The summed E-state index contributed by atoms with van der Waals surface area (Å²) in [6, 6.07) is -0.868. The van der Waals surface area contributed by atoms with Crippen molar-refractivity contribution in [2.75, 3.05) is 6.54 Å². The number of hydrogen-bond donors (Lipinski definition) is 3. The molecule has 1 amide bonds. The topological polar surface area (TPSA) is 119 Å². The van der Waals surface area contributed by atoms with E-state index in [4.69, 9.17) is 10.5 Å². The van der Waals surface area contributed by atoms with Crippen LogP contribution in [0.4, 0.5) is 0 Å². The van der Waals surface area contributed by atoms with Crippen LogP contribution in [0.1, 0.15) is 200 Å². The van der Waals surface area contributed by atoms with Gasteiger partial charge in [0, 0.05) is 12.8 Å². The number of ether oxygens (including phenoxy) is 1. The predicted octanol–water partition coefficient (Wildman–Crippen LogP) is 13.1. The Morgan fingerprint density at radius 3 is 1.57 bits per heavy atom. The molecule has 0 aromatic carbocycles. The summed E-state index contributed by atoms with van der Waals surface area (Å²) < 4.78 is 6.01. The van der Waals surface area contributed by atoms with Crippen LogP contribution in [-0.2, 0) is 19.1 Å². The highest BCUT2D eigenvalue weighted by Gasteiger charge is 2.19. The predicted molar refractivity (Wildman–Crippen MR) is 239 cm³/mol. The first-order valence-corrected chi connectivity index (χ1v) is 22.8. The third-order valence-electron chi connectivity index (χ3n) is 9.76. The van der Waals surface area contributed by atoms with Crippen molar-refractivity contribution in [3.8, 4) is 0 Å². The number of carbonyl (C=O) groups is 3. The lowest BCUT2D eigenvalue weighted by molar-refractivity contribution is -0.150. The van der Waals surface area contributed by atoms with Crippen molar-refractivity contribution in [2.24, 2.45) is 5.73 Å². The maximum Gasteiger partial charge on any atom is 0.326 e. The molecule has 0 fully saturated rings. The van der Waals surface area contributed by atoms with Crippen molar-refractivity contribution in [3.63, 3.8) is 0 Å². The monoisotopic (exact) mass is 781 g/mol. The van der Waals surface area contributed by atoms with Gasteiger partial charge in [0.05, 0.1) is 0 Å². The average Bonchev–Trinajstić information content (AvgIpc) is 3.18. The molecule has 0 heterocycles. The van der Waals surface area contributed by atoms with E-state index < -0.39 is 12.0 Å². The lowest BCUT2D eigenvalue weighted by Crippen LogP contribution is -2.40. The summed E-state index contributed by atoms with van der Waals surface area (Å²) in [5.41, 5.74) is 5.49. The number of aliphatic carboxylic acids is 1. The summed E-state index contributed by atoms with van der Waals surface area (Å²) in [5.74, 6) is -1.30. The summed E-state index contributed by atoms with van der Waals surface area (Å²) >= 11 is 0. The fourth-order valence-electron chi connectivity index (χ4n) is 6.35. The molecule has 0 aromatic heterocycles. The maximum absolute atomic E-state index is 12.8. The van der Waals surface area contributed by atoms with E-state index in [0.29, 0.717) is 32.2 Å². The molecule has 0 aliphatic carbocycles. The van der Waals surface area contributed by atoms with E-state index in [0.717, 1.165) is 96.3 Å². The van der Waals surface area contributed by atoms with Crippen LogP contribution in [0.3, 0.4) is 0 Å². The van der Waals surface area contributed by atoms with Crippen molar-refractivity contribution in [1.29, 1.82) is 0 Å². The van der Waals surface area contributed by atoms with Gasteiger partial charge in [-0.15, -0.1) is 0 Å². The SMILES string of the molecule is CC/C=C\C/C=C\C/C=C\C/C=C\CCC(CCCCCCCC(=O)NC(CCCN)C(=O)O)OC(=O)CCCCCCCCC/C=C\C/C=C\CCCCC. The quantitative estimate of drug-likeness (QED) is 0.0324. The maximum atomic E-state index is 12.8. The molecule has 0 saturated heterocycles. The number of unbranched alkanes of at least 4 members (excludes halogenated alkanes) is 14. The first-order chi connectivity index (χ1) is 27.4. The fraction of sp³-hybridized carbons (Fsp3) is 0.694. The van der Waals surface area contributed by atoms with Gasteiger partial charge >= 0.3 is 11.9 Å². The molecule has 0 spiro atoms. The zero-order chi connectivity index (χ0) is 41.0. The van der Waals surface area contributed by atoms with Gasteiger partial charge in [0.1, 0.15) is 12.1 Å². The Labute approximate surface area is 343 Å². The lowest BCUT2D eigenvalue weighted by Gasteiger charge is -2.17. The number of carboxylic acids is 1. The highest BCUT2D eigenvalue weighted by atomic mass is 16.5. The fourth-order valence-corrected chi connectivity index (χ4v) is 6.35. The van der Waals surface area contributed by atoms with E-state index in [-0.39, 0.29) is 18.0 Å². The Morgan fingerprint density at radius 2 is 1.02 bits per heavy atom. The van der Waals surface area contributed by atoms with Gasteiger partial charge in [-0.2, -0.15) is 0 Å². The van der Waals surface area contributed by atoms with Crippen molar-refractivity contribution in [3.05, 3.63) is 72.9 Å². The zero-order valence-corrected chi connectivity index (χ0v) is 36.0. The third-order valence-corrected chi connectivity index (χ3v) is 9.76. The van der Waals surface area contributed by atoms with Gasteiger partial charge in [0.15, 0.2) is 0 Å². The Balaban J connectivity index is 4.43. The van der Waals surface area contributed by atoms with Crippen molar-refractivity contribution in [1.82, 2.24) is 5.32 Å². The van der Waals surface area contributed by atoms with Crippen LogP contribution in [0.15, 0.2) is 72.9 Å². The van der Waals surface area contributed by atoms with Gasteiger partial charge in [0.2, 0.25) is 5.91 Å². The van der Waals surface area contributed by atoms with Gasteiger partial charge in [0.25, 0.3) is 0 Å². The van der Waals surface area contributed by atoms with Crippen LogP contribution in [-0.4, -0.2) is 41.6 Å². The normalized spacial score (nSPS) is 13.3. The van der Waals surface area contributed by atoms with Crippen LogP contribution < -0.4 is 11.1 Å². The molecule has 0 aliphatic rings. The van der Waals surface area contributed by atoms with Crippen LogP contribution in [0.25, 0.3) is 0 Å². The first kappa shape index (κ1) is 52.8. The largest absolute Gasteiger partial charge is 0.480 e. The summed E-state index contributed by atoms with van der Waals surface area (Å²) in [7, 11) is 0. The number of hydrogen-bond acceptors (Lipinski definition) is 5. The minimum atomic E-state index is -1.01.